The Bertz CT molecular complexity index is 2890. The second-order valence-corrected chi connectivity index (χ2v) is 16.2. The van der Waals surface area contributed by atoms with E-state index in [9.17, 15) is 0 Å². The van der Waals surface area contributed by atoms with Crippen molar-refractivity contribution in [2.75, 3.05) is 4.90 Å². The molecule has 258 valence electrons. The molecule has 1 aromatic heterocycles. The molecule has 0 atom stereocenters. The smallest absolute Gasteiger partial charge is 0.143 e. The monoisotopic (exact) mass is 693 g/mol. The van der Waals surface area contributed by atoms with Crippen LogP contribution in [-0.2, 0) is 10.8 Å². The maximum absolute atomic E-state index is 6.43. The van der Waals surface area contributed by atoms with E-state index in [-0.39, 0.29) is 10.8 Å². The first kappa shape index (κ1) is 31.2. The van der Waals surface area contributed by atoms with Gasteiger partial charge >= 0.3 is 0 Å². The Balaban J connectivity index is 1.05. The van der Waals surface area contributed by atoms with Crippen LogP contribution in [0.5, 0.6) is 0 Å². The molecule has 1 heterocycles. The number of furan rings is 1. The summed E-state index contributed by atoms with van der Waals surface area (Å²) in [5.74, 6) is 0. The van der Waals surface area contributed by atoms with Crippen molar-refractivity contribution < 1.29 is 4.42 Å². The zero-order valence-corrected chi connectivity index (χ0v) is 30.9. The highest BCUT2D eigenvalue weighted by molar-refractivity contribution is 6.15. The van der Waals surface area contributed by atoms with Crippen LogP contribution in [0.15, 0.2) is 168 Å². The molecule has 0 aliphatic heterocycles. The van der Waals surface area contributed by atoms with Gasteiger partial charge in [0.1, 0.15) is 11.2 Å². The average Bonchev–Trinajstić information content (AvgIpc) is 3.78. The summed E-state index contributed by atoms with van der Waals surface area (Å²) < 4.78 is 6.43. The fourth-order valence-electron chi connectivity index (χ4n) is 9.59. The molecule has 0 bridgehead atoms. The van der Waals surface area contributed by atoms with Gasteiger partial charge in [-0.3, -0.25) is 0 Å². The number of para-hydroxylation sites is 1. The fraction of sp³-hybridized carbons (Fsp3) is 0.115. The van der Waals surface area contributed by atoms with Crippen molar-refractivity contribution in [3.8, 4) is 33.4 Å². The van der Waals surface area contributed by atoms with Crippen LogP contribution in [0.4, 0.5) is 17.1 Å². The standard InChI is InChI=1S/C52H39NO/c1-51(2)45-14-8-5-11-38(45)40-27-24-36(30-47(40)51)53(37-25-28-41-39-12-6-9-15-46(39)52(3,4)48(41)31-37)35-22-19-32(20-23-35)34-18-17-33-21-26-43-42-13-7-10-16-49(42)54-50(43)44(33)29-34/h5-31H,1-4H3. The number of fused-ring (bicyclic) bond motifs is 11. The van der Waals surface area contributed by atoms with Crippen molar-refractivity contribution in [3.63, 3.8) is 0 Å². The number of benzene rings is 8. The van der Waals surface area contributed by atoms with Gasteiger partial charge in [0, 0.05) is 44.1 Å². The molecule has 8 aromatic carbocycles. The van der Waals surface area contributed by atoms with Gasteiger partial charge in [0.25, 0.3) is 0 Å². The molecule has 2 aliphatic rings. The second-order valence-electron chi connectivity index (χ2n) is 16.2. The summed E-state index contributed by atoms with van der Waals surface area (Å²) in [6.07, 6.45) is 0. The highest BCUT2D eigenvalue weighted by atomic mass is 16.3. The van der Waals surface area contributed by atoms with E-state index >= 15 is 0 Å². The number of nitrogens with zero attached hydrogens (tertiary/aromatic N) is 1. The highest BCUT2D eigenvalue weighted by Crippen LogP contribution is 2.53. The van der Waals surface area contributed by atoms with Crippen LogP contribution in [-0.4, -0.2) is 0 Å². The predicted molar refractivity (Wildman–Crippen MR) is 226 cm³/mol. The van der Waals surface area contributed by atoms with E-state index in [1.54, 1.807) is 0 Å². The van der Waals surface area contributed by atoms with Gasteiger partial charge < -0.3 is 9.32 Å². The molecule has 0 unspecified atom stereocenters. The van der Waals surface area contributed by atoms with Crippen LogP contribution in [0.25, 0.3) is 66.1 Å². The van der Waals surface area contributed by atoms with Gasteiger partial charge in [0.2, 0.25) is 0 Å². The highest BCUT2D eigenvalue weighted by Gasteiger charge is 2.37. The van der Waals surface area contributed by atoms with Crippen LogP contribution in [0.2, 0.25) is 0 Å². The maximum Gasteiger partial charge on any atom is 0.143 e. The minimum atomic E-state index is -0.0968. The molecule has 2 nitrogen and oxygen atoms in total. The number of rotatable bonds is 4. The lowest BCUT2D eigenvalue weighted by molar-refractivity contribution is 0.660. The molecule has 2 aliphatic carbocycles. The largest absolute Gasteiger partial charge is 0.455 e. The summed E-state index contributed by atoms with van der Waals surface area (Å²) in [5, 5.41) is 4.62. The van der Waals surface area contributed by atoms with Crippen molar-refractivity contribution in [2.45, 2.75) is 38.5 Å². The van der Waals surface area contributed by atoms with Crippen LogP contribution in [0, 0.1) is 0 Å². The summed E-state index contributed by atoms with van der Waals surface area (Å²) in [7, 11) is 0. The third kappa shape index (κ3) is 4.34. The molecule has 0 radical (unpaired) electrons. The Labute approximate surface area is 315 Å². The zero-order chi connectivity index (χ0) is 36.3. The topological polar surface area (TPSA) is 16.4 Å². The summed E-state index contributed by atoms with van der Waals surface area (Å²) in [6, 6.07) is 60.4. The summed E-state index contributed by atoms with van der Waals surface area (Å²) in [6.45, 7) is 9.44. The van der Waals surface area contributed by atoms with Gasteiger partial charge in [-0.15, -0.1) is 0 Å². The fourth-order valence-corrected chi connectivity index (χ4v) is 9.59. The lowest BCUT2D eigenvalue weighted by Gasteiger charge is -2.30. The molecule has 0 fully saturated rings. The van der Waals surface area contributed by atoms with E-state index in [1.165, 1.54) is 61.0 Å². The first-order valence-electron chi connectivity index (χ1n) is 19.0. The molecule has 0 saturated carbocycles. The second kappa shape index (κ2) is 11.1. The van der Waals surface area contributed by atoms with Crippen molar-refractivity contribution in [1.82, 2.24) is 0 Å². The number of hydrogen-bond donors (Lipinski definition) is 0. The lowest BCUT2D eigenvalue weighted by Crippen LogP contribution is -2.18. The molecule has 54 heavy (non-hydrogen) atoms. The quantitative estimate of drug-likeness (QED) is 0.182. The molecule has 0 saturated heterocycles. The van der Waals surface area contributed by atoms with E-state index < -0.39 is 0 Å². The van der Waals surface area contributed by atoms with Gasteiger partial charge in [-0.2, -0.15) is 0 Å². The molecule has 0 amide bonds. The van der Waals surface area contributed by atoms with Crippen molar-refractivity contribution in [3.05, 3.63) is 186 Å². The maximum atomic E-state index is 6.43. The zero-order valence-electron chi connectivity index (χ0n) is 30.9. The summed E-state index contributed by atoms with van der Waals surface area (Å²) in [4.78, 5) is 2.45. The van der Waals surface area contributed by atoms with Crippen molar-refractivity contribution in [2.24, 2.45) is 0 Å². The van der Waals surface area contributed by atoms with Crippen LogP contribution < -0.4 is 4.90 Å². The van der Waals surface area contributed by atoms with Crippen LogP contribution in [0.1, 0.15) is 49.9 Å². The average molecular weight is 694 g/mol. The summed E-state index contributed by atoms with van der Waals surface area (Å²) in [5.41, 5.74) is 18.3. The van der Waals surface area contributed by atoms with E-state index in [0.29, 0.717) is 0 Å². The van der Waals surface area contributed by atoms with E-state index in [1.807, 2.05) is 6.07 Å². The third-order valence-electron chi connectivity index (χ3n) is 12.5. The summed E-state index contributed by atoms with van der Waals surface area (Å²) >= 11 is 0. The Morgan fingerprint density at radius 1 is 0.389 bits per heavy atom. The number of hydrogen-bond acceptors (Lipinski definition) is 2. The van der Waals surface area contributed by atoms with Crippen molar-refractivity contribution >= 4 is 49.8 Å². The SMILES string of the molecule is CC1(C)c2ccccc2-c2ccc(N(c3ccc(-c4ccc5ccc6c7ccccc7oc6c5c4)cc3)c3ccc4c(c3)C(C)(C)c3ccccc3-4)cc21. The van der Waals surface area contributed by atoms with Crippen LogP contribution in [0.3, 0.4) is 0 Å². The van der Waals surface area contributed by atoms with Crippen LogP contribution >= 0.6 is 0 Å². The minimum absolute atomic E-state index is 0.0968. The first-order valence-corrected chi connectivity index (χ1v) is 19.0. The number of anilines is 3. The Morgan fingerprint density at radius 3 is 1.56 bits per heavy atom. The molecule has 9 aromatic rings. The first-order chi connectivity index (χ1) is 26.3. The minimum Gasteiger partial charge on any atom is -0.455 e. The molecule has 11 rings (SSSR count). The van der Waals surface area contributed by atoms with E-state index in [2.05, 4.69) is 190 Å². The Morgan fingerprint density at radius 2 is 0.907 bits per heavy atom. The van der Waals surface area contributed by atoms with Gasteiger partial charge in [0.05, 0.1) is 0 Å². The Hall–Kier alpha value is -6.38. The molecular weight excluding hydrogens is 655 g/mol. The van der Waals surface area contributed by atoms with Gasteiger partial charge in [-0.05, 0) is 116 Å². The van der Waals surface area contributed by atoms with E-state index in [0.717, 1.165) is 44.4 Å². The normalized spacial score (nSPS) is 14.6. The molecular formula is C52H39NO. The van der Waals surface area contributed by atoms with Gasteiger partial charge in [-0.25, -0.2) is 0 Å². The van der Waals surface area contributed by atoms with Crippen molar-refractivity contribution in [1.29, 1.82) is 0 Å². The van der Waals surface area contributed by atoms with Gasteiger partial charge in [-0.1, -0.05) is 137 Å². The third-order valence-corrected chi connectivity index (χ3v) is 12.5. The van der Waals surface area contributed by atoms with Gasteiger partial charge in [0.15, 0.2) is 0 Å². The predicted octanol–water partition coefficient (Wildman–Crippen LogP) is 14.5. The Kier molecular flexibility index (Phi) is 6.39. The van der Waals surface area contributed by atoms with E-state index in [4.69, 9.17) is 4.42 Å². The molecule has 0 spiro atoms. The molecule has 2 heteroatoms. The lowest BCUT2D eigenvalue weighted by atomic mass is 9.82. The molecule has 0 N–H and O–H groups in total.